The van der Waals surface area contributed by atoms with Gasteiger partial charge in [0.05, 0.1) is 16.6 Å². The molecule has 1 amide bonds. The van der Waals surface area contributed by atoms with Crippen molar-refractivity contribution < 1.29 is 14.3 Å². The summed E-state index contributed by atoms with van der Waals surface area (Å²) in [7, 11) is 0. The number of aromatic amines is 1. The third kappa shape index (κ3) is 4.13. The van der Waals surface area contributed by atoms with E-state index in [1.165, 1.54) is 0 Å². The minimum atomic E-state index is -0.935. The zero-order valence-electron chi connectivity index (χ0n) is 18.6. The van der Waals surface area contributed by atoms with Crippen LogP contribution in [-0.2, 0) is 9.53 Å². The molecule has 1 atom stereocenters. The Kier molecular flexibility index (Phi) is 5.79. The molecule has 1 aromatic heterocycles. The molecule has 34 heavy (non-hydrogen) atoms. The monoisotopic (exact) mass is 449 g/mol. The first-order valence-electron chi connectivity index (χ1n) is 11.2. The molecule has 0 aliphatic heterocycles. The number of nitrogens with one attached hydrogen (secondary N) is 2. The molecular weight excluding hydrogens is 426 g/mol. The van der Waals surface area contributed by atoms with Gasteiger partial charge in [0.25, 0.3) is 5.91 Å². The highest BCUT2D eigenvalue weighted by molar-refractivity contribution is 6.05. The quantitative estimate of drug-likeness (QED) is 0.313. The van der Waals surface area contributed by atoms with E-state index in [1.807, 2.05) is 85.8 Å². The third-order valence-corrected chi connectivity index (χ3v) is 5.75. The SMILES string of the molecule is CCC(OC(=O)c1ccccc1-c1nc2ccccc2[nH]1)C(=O)Nc1cccc2ccccc12. The molecule has 0 saturated heterocycles. The van der Waals surface area contributed by atoms with Gasteiger partial charge in [0, 0.05) is 16.6 Å². The standard InChI is InChI=1S/C28H23N3O3/c1-2-25(27(32)31-22-17-9-11-18-10-3-4-12-19(18)22)34-28(33)21-14-6-5-13-20(21)26-29-23-15-7-8-16-24(23)30-26/h3-17,25H,2H2,1H3,(H,29,30)(H,31,32). The molecule has 0 bridgehead atoms. The number of amides is 1. The Morgan fingerprint density at radius 2 is 1.65 bits per heavy atom. The summed E-state index contributed by atoms with van der Waals surface area (Å²) in [6, 6.07) is 28.3. The molecule has 1 heterocycles. The highest BCUT2D eigenvalue weighted by Gasteiger charge is 2.25. The van der Waals surface area contributed by atoms with E-state index in [-0.39, 0.29) is 5.91 Å². The highest BCUT2D eigenvalue weighted by atomic mass is 16.5. The summed E-state index contributed by atoms with van der Waals surface area (Å²) in [6.45, 7) is 1.81. The number of ether oxygens (including phenoxy) is 1. The van der Waals surface area contributed by atoms with Gasteiger partial charge in [-0.15, -0.1) is 0 Å². The van der Waals surface area contributed by atoms with Gasteiger partial charge in [-0.2, -0.15) is 0 Å². The molecule has 0 aliphatic carbocycles. The number of carbonyl (C=O) groups excluding carboxylic acids is 2. The number of para-hydroxylation sites is 2. The van der Waals surface area contributed by atoms with Crippen molar-refractivity contribution in [3.05, 3.63) is 96.6 Å². The number of nitrogens with zero attached hydrogens (tertiary/aromatic N) is 1. The Hall–Kier alpha value is -4.45. The number of H-pyrrole nitrogens is 1. The molecule has 4 aromatic carbocycles. The van der Waals surface area contributed by atoms with Crippen LogP contribution in [0.3, 0.4) is 0 Å². The van der Waals surface area contributed by atoms with Crippen molar-refractivity contribution in [1.82, 2.24) is 9.97 Å². The fourth-order valence-corrected chi connectivity index (χ4v) is 4.01. The van der Waals surface area contributed by atoms with Crippen LogP contribution in [0.4, 0.5) is 5.69 Å². The fourth-order valence-electron chi connectivity index (χ4n) is 4.01. The molecule has 0 saturated carbocycles. The summed E-state index contributed by atoms with van der Waals surface area (Å²) in [5, 5.41) is 4.87. The van der Waals surface area contributed by atoms with Crippen molar-refractivity contribution in [3.8, 4) is 11.4 Å². The maximum absolute atomic E-state index is 13.1. The number of hydrogen-bond donors (Lipinski definition) is 2. The zero-order chi connectivity index (χ0) is 23.5. The van der Waals surface area contributed by atoms with Crippen LogP contribution in [-0.4, -0.2) is 27.9 Å². The Balaban J connectivity index is 1.38. The third-order valence-electron chi connectivity index (χ3n) is 5.75. The van der Waals surface area contributed by atoms with Crippen LogP contribution in [0.25, 0.3) is 33.2 Å². The van der Waals surface area contributed by atoms with Gasteiger partial charge in [-0.25, -0.2) is 9.78 Å². The molecule has 5 aromatic rings. The lowest BCUT2D eigenvalue weighted by atomic mass is 10.1. The molecule has 1 unspecified atom stereocenters. The second-order valence-corrected chi connectivity index (χ2v) is 7.97. The second kappa shape index (κ2) is 9.19. The molecule has 0 aliphatic rings. The van der Waals surface area contributed by atoms with Crippen molar-refractivity contribution in [1.29, 1.82) is 0 Å². The van der Waals surface area contributed by atoms with Gasteiger partial charge in [-0.3, -0.25) is 4.79 Å². The van der Waals surface area contributed by atoms with E-state index in [1.54, 1.807) is 12.1 Å². The van der Waals surface area contributed by atoms with Crippen LogP contribution in [0, 0.1) is 0 Å². The van der Waals surface area contributed by atoms with Crippen LogP contribution in [0.2, 0.25) is 0 Å². The van der Waals surface area contributed by atoms with E-state index < -0.39 is 12.1 Å². The predicted octanol–water partition coefficient (Wildman–Crippen LogP) is 5.96. The lowest BCUT2D eigenvalue weighted by Gasteiger charge is -2.17. The average molecular weight is 450 g/mol. The Labute approximate surface area is 196 Å². The van der Waals surface area contributed by atoms with Gasteiger partial charge in [-0.05, 0) is 36.1 Å². The number of anilines is 1. The maximum atomic E-state index is 13.1. The van der Waals surface area contributed by atoms with Crippen LogP contribution in [0.15, 0.2) is 91.0 Å². The second-order valence-electron chi connectivity index (χ2n) is 7.97. The lowest BCUT2D eigenvalue weighted by molar-refractivity contribution is -0.124. The van der Waals surface area contributed by atoms with E-state index in [0.29, 0.717) is 29.1 Å². The summed E-state index contributed by atoms with van der Waals surface area (Å²) in [6.07, 6.45) is -0.593. The highest BCUT2D eigenvalue weighted by Crippen LogP contribution is 2.26. The number of benzene rings is 4. The number of rotatable bonds is 6. The number of hydrogen-bond acceptors (Lipinski definition) is 4. The topological polar surface area (TPSA) is 84.1 Å². The zero-order valence-corrected chi connectivity index (χ0v) is 18.6. The van der Waals surface area contributed by atoms with E-state index in [4.69, 9.17) is 4.74 Å². The first-order chi connectivity index (χ1) is 16.6. The minimum absolute atomic E-state index is 0.342. The van der Waals surface area contributed by atoms with Crippen LogP contribution in [0.5, 0.6) is 0 Å². The average Bonchev–Trinajstić information content (AvgIpc) is 3.31. The normalized spacial score (nSPS) is 11.9. The van der Waals surface area contributed by atoms with Gasteiger partial charge < -0.3 is 15.0 Å². The molecular formula is C28H23N3O3. The van der Waals surface area contributed by atoms with Gasteiger partial charge in [-0.1, -0.05) is 73.7 Å². The Morgan fingerprint density at radius 3 is 2.50 bits per heavy atom. The van der Waals surface area contributed by atoms with Crippen LogP contribution >= 0.6 is 0 Å². The summed E-state index contributed by atoms with van der Waals surface area (Å²) in [5.74, 6) is -0.369. The first kappa shape index (κ1) is 21.4. The Morgan fingerprint density at radius 1 is 0.912 bits per heavy atom. The van der Waals surface area contributed by atoms with Gasteiger partial charge in [0.15, 0.2) is 6.10 Å². The molecule has 0 spiro atoms. The first-order valence-corrected chi connectivity index (χ1v) is 11.2. The number of aromatic nitrogens is 2. The minimum Gasteiger partial charge on any atom is -0.449 e. The van der Waals surface area contributed by atoms with Crippen molar-refractivity contribution in [2.24, 2.45) is 0 Å². The van der Waals surface area contributed by atoms with Crippen LogP contribution in [0.1, 0.15) is 23.7 Å². The van der Waals surface area contributed by atoms with Crippen LogP contribution < -0.4 is 5.32 Å². The predicted molar refractivity (Wildman–Crippen MR) is 134 cm³/mol. The van der Waals surface area contributed by atoms with Crippen molar-refractivity contribution >= 4 is 39.4 Å². The summed E-state index contributed by atoms with van der Waals surface area (Å²) in [4.78, 5) is 34.0. The molecule has 0 radical (unpaired) electrons. The summed E-state index contributed by atoms with van der Waals surface area (Å²) < 4.78 is 5.68. The van der Waals surface area contributed by atoms with Gasteiger partial charge >= 0.3 is 5.97 Å². The number of esters is 1. The number of fused-ring (bicyclic) bond motifs is 2. The smallest absolute Gasteiger partial charge is 0.339 e. The van der Waals surface area contributed by atoms with E-state index >= 15 is 0 Å². The van der Waals surface area contributed by atoms with Gasteiger partial charge in [0.2, 0.25) is 0 Å². The van der Waals surface area contributed by atoms with Crippen molar-refractivity contribution in [2.75, 3.05) is 5.32 Å². The maximum Gasteiger partial charge on any atom is 0.339 e. The van der Waals surface area contributed by atoms with E-state index in [9.17, 15) is 9.59 Å². The fraction of sp³-hybridized carbons (Fsp3) is 0.107. The lowest BCUT2D eigenvalue weighted by Crippen LogP contribution is -2.32. The number of carbonyl (C=O) groups is 2. The van der Waals surface area contributed by atoms with Crippen molar-refractivity contribution in [3.63, 3.8) is 0 Å². The Bertz CT molecular complexity index is 1470. The molecule has 0 fully saturated rings. The largest absolute Gasteiger partial charge is 0.449 e. The molecule has 168 valence electrons. The molecule has 6 heteroatoms. The molecule has 6 nitrogen and oxygen atoms in total. The van der Waals surface area contributed by atoms with Gasteiger partial charge in [0.1, 0.15) is 5.82 Å². The number of imidazole rings is 1. The van der Waals surface area contributed by atoms with Crippen molar-refractivity contribution in [2.45, 2.75) is 19.4 Å². The van der Waals surface area contributed by atoms with E-state index in [2.05, 4.69) is 15.3 Å². The van der Waals surface area contributed by atoms with E-state index in [0.717, 1.165) is 21.8 Å². The molecule has 5 rings (SSSR count). The summed E-state index contributed by atoms with van der Waals surface area (Å²) >= 11 is 0. The summed E-state index contributed by atoms with van der Waals surface area (Å²) in [5.41, 5.74) is 3.33. The molecule has 2 N–H and O–H groups in total.